The van der Waals surface area contributed by atoms with Gasteiger partial charge in [-0.25, -0.2) is 0 Å². The van der Waals surface area contributed by atoms with Gasteiger partial charge in [-0.1, -0.05) is 13.8 Å². The van der Waals surface area contributed by atoms with E-state index in [1.807, 2.05) is 20.9 Å². The molecule has 0 radical (unpaired) electrons. The van der Waals surface area contributed by atoms with E-state index in [9.17, 15) is 0 Å². The fourth-order valence-corrected chi connectivity index (χ4v) is 1.08. The molecule has 0 saturated carbocycles. The second-order valence-corrected chi connectivity index (χ2v) is 2.55. The van der Waals surface area contributed by atoms with Crippen LogP contribution < -0.4 is 0 Å². The number of hydrogen-bond donors (Lipinski definition) is 0. The second-order valence-electron chi connectivity index (χ2n) is 2.55. The summed E-state index contributed by atoms with van der Waals surface area (Å²) in [6.07, 6.45) is 2.09. The zero-order valence-corrected chi connectivity index (χ0v) is 8.72. The van der Waals surface area contributed by atoms with E-state index in [0.29, 0.717) is 6.61 Å². The van der Waals surface area contributed by atoms with Gasteiger partial charge < -0.3 is 9.30 Å². The first-order valence-corrected chi connectivity index (χ1v) is 4.35. The zero-order valence-electron chi connectivity index (χ0n) is 8.72. The summed E-state index contributed by atoms with van der Waals surface area (Å²) in [5.74, 6) is 0. The molecule has 0 bridgehead atoms. The minimum atomic E-state index is 0.699. The molecule has 0 unspecified atom stereocenters. The zero-order chi connectivity index (χ0) is 9.56. The van der Waals surface area contributed by atoms with Crippen molar-refractivity contribution in [1.29, 1.82) is 0 Å². The summed E-state index contributed by atoms with van der Waals surface area (Å²) in [4.78, 5) is 0. The van der Waals surface area contributed by atoms with Crippen molar-refractivity contribution in [2.75, 3.05) is 7.11 Å². The van der Waals surface area contributed by atoms with Crippen LogP contribution in [0.25, 0.3) is 0 Å². The first-order chi connectivity index (χ1) is 5.74. The van der Waals surface area contributed by atoms with Crippen LogP contribution in [-0.4, -0.2) is 11.7 Å². The van der Waals surface area contributed by atoms with Crippen molar-refractivity contribution in [1.82, 2.24) is 4.57 Å². The molecular formula is C10H19NO. The summed E-state index contributed by atoms with van der Waals surface area (Å²) < 4.78 is 7.08. The van der Waals surface area contributed by atoms with Crippen LogP contribution in [0.4, 0.5) is 0 Å². The van der Waals surface area contributed by atoms with E-state index in [2.05, 4.69) is 23.8 Å². The number of rotatable bonds is 2. The Morgan fingerprint density at radius 1 is 1.42 bits per heavy atom. The molecule has 0 aliphatic heterocycles. The quantitative estimate of drug-likeness (QED) is 0.663. The van der Waals surface area contributed by atoms with Crippen molar-refractivity contribution in [2.24, 2.45) is 7.05 Å². The lowest BCUT2D eigenvalue weighted by atomic mass is 10.3. The number of hydrogen-bond acceptors (Lipinski definition) is 1. The summed E-state index contributed by atoms with van der Waals surface area (Å²) >= 11 is 0. The maximum Gasteiger partial charge on any atom is 0.0863 e. The Balaban J connectivity index is 0.000000561. The SMILES string of the molecule is CC.COCc1cc(C)cn1C. The molecule has 0 aliphatic rings. The maximum absolute atomic E-state index is 5.00. The van der Waals surface area contributed by atoms with Gasteiger partial charge >= 0.3 is 0 Å². The Morgan fingerprint density at radius 3 is 2.33 bits per heavy atom. The molecule has 0 spiro atoms. The minimum absolute atomic E-state index is 0.699. The van der Waals surface area contributed by atoms with Crippen LogP contribution in [0.2, 0.25) is 0 Å². The van der Waals surface area contributed by atoms with E-state index < -0.39 is 0 Å². The Bertz CT molecular complexity index is 216. The van der Waals surface area contributed by atoms with Crippen molar-refractivity contribution >= 4 is 0 Å². The summed E-state index contributed by atoms with van der Waals surface area (Å²) in [6, 6.07) is 2.13. The van der Waals surface area contributed by atoms with Gasteiger partial charge in [-0.3, -0.25) is 0 Å². The van der Waals surface area contributed by atoms with Crippen LogP contribution in [0.5, 0.6) is 0 Å². The van der Waals surface area contributed by atoms with Crippen LogP contribution in [0, 0.1) is 6.92 Å². The van der Waals surface area contributed by atoms with Gasteiger partial charge in [0, 0.05) is 26.0 Å². The van der Waals surface area contributed by atoms with Crippen LogP contribution in [-0.2, 0) is 18.4 Å². The first-order valence-electron chi connectivity index (χ1n) is 4.35. The summed E-state index contributed by atoms with van der Waals surface area (Å²) in [6.45, 7) is 6.78. The van der Waals surface area contributed by atoms with Crippen molar-refractivity contribution in [3.8, 4) is 0 Å². The smallest absolute Gasteiger partial charge is 0.0863 e. The molecule has 1 aromatic heterocycles. The number of aryl methyl sites for hydroxylation is 2. The van der Waals surface area contributed by atoms with Gasteiger partial charge in [0.15, 0.2) is 0 Å². The molecule has 1 aromatic rings. The average molecular weight is 169 g/mol. The number of ether oxygens (including phenoxy) is 1. The average Bonchev–Trinajstić information content (AvgIpc) is 2.35. The fourth-order valence-electron chi connectivity index (χ4n) is 1.08. The number of aromatic nitrogens is 1. The Morgan fingerprint density at radius 2 is 2.00 bits per heavy atom. The van der Waals surface area contributed by atoms with Crippen LogP contribution in [0.3, 0.4) is 0 Å². The lowest BCUT2D eigenvalue weighted by molar-refractivity contribution is 0.179. The minimum Gasteiger partial charge on any atom is -0.378 e. The Hall–Kier alpha value is -0.760. The summed E-state index contributed by atoms with van der Waals surface area (Å²) in [5.41, 5.74) is 2.51. The van der Waals surface area contributed by atoms with E-state index >= 15 is 0 Å². The van der Waals surface area contributed by atoms with Gasteiger partial charge in [0.2, 0.25) is 0 Å². The number of nitrogens with zero attached hydrogens (tertiary/aromatic N) is 1. The molecule has 12 heavy (non-hydrogen) atoms. The summed E-state index contributed by atoms with van der Waals surface area (Å²) in [7, 11) is 3.74. The molecule has 1 rings (SSSR count). The normalized spacial score (nSPS) is 9.08. The Labute approximate surface area is 75.2 Å². The van der Waals surface area contributed by atoms with E-state index in [-0.39, 0.29) is 0 Å². The monoisotopic (exact) mass is 169 g/mol. The molecule has 2 nitrogen and oxygen atoms in total. The second kappa shape index (κ2) is 5.84. The highest BCUT2D eigenvalue weighted by molar-refractivity contribution is 5.15. The highest BCUT2D eigenvalue weighted by atomic mass is 16.5. The van der Waals surface area contributed by atoms with Crippen LogP contribution >= 0.6 is 0 Å². The van der Waals surface area contributed by atoms with Crippen molar-refractivity contribution in [2.45, 2.75) is 27.4 Å². The third-order valence-corrected chi connectivity index (χ3v) is 1.54. The third-order valence-electron chi connectivity index (χ3n) is 1.54. The molecular weight excluding hydrogens is 150 g/mol. The lowest BCUT2D eigenvalue weighted by Gasteiger charge is -1.98. The van der Waals surface area contributed by atoms with Gasteiger partial charge in [-0.05, 0) is 18.6 Å². The van der Waals surface area contributed by atoms with Gasteiger partial charge in [0.25, 0.3) is 0 Å². The van der Waals surface area contributed by atoms with Crippen molar-refractivity contribution < 1.29 is 4.74 Å². The largest absolute Gasteiger partial charge is 0.378 e. The topological polar surface area (TPSA) is 14.2 Å². The molecule has 0 saturated heterocycles. The van der Waals surface area contributed by atoms with Gasteiger partial charge in [0.1, 0.15) is 0 Å². The molecule has 0 fully saturated rings. The number of methoxy groups -OCH3 is 1. The van der Waals surface area contributed by atoms with Crippen molar-refractivity contribution in [3.05, 3.63) is 23.5 Å². The Kier molecular flexibility index (Phi) is 5.47. The molecule has 0 aliphatic carbocycles. The highest BCUT2D eigenvalue weighted by Crippen LogP contribution is 2.05. The van der Waals surface area contributed by atoms with Gasteiger partial charge in [-0.2, -0.15) is 0 Å². The van der Waals surface area contributed by atoms with Gasteiger partial charge in [-0.15, -0.1) is 0 Å². The molecule has 70 valence electrons. The summed E-state index contributed by atoms with van der Waals surface area (Å²) in [5, 5.41) is 0. The van der Waals surface area contributed by atoms with Gasteiger partial charge in [0.05, 0.1) is 6.61 Å². The molecule has 0 aromatic carbocycles. The molecule has 0 atom stereocenters. The molecule has 0 N–H and O–H groups in total. The highest BCUT2D eigenvalue weighted by Gasteiger charge is 1.97. The van der Waals surface area contributed by atoms with Crippen LogP contribution in [0.15, 0.2) is 12.3 Å². The molecule has 1 heterocycles. The fraction of sp³-hybridized carbons (Fsp3) is 0.600. The van der Waals surface area contributed by atoms with E-state index in [0.717, 1.165) is 0 Å². The third kappa shape index (κ3) is 3.09. The maximum atomic E-state index is 5.00. The molecule has 0 amide bonds. The van der Waals surface area contributed by atoms with E-state index in [1.165, 1.54) is 11.3 Å². The lowest BCUT2D eigenvalue weighted by Crippen LogP contribution is -1.95. The predicted octanol–water partition coefficient (Wildman–Crippen LogP) is 2.51. The molecule has 2 heteroatoms. The van der Waals surface area contributed by atoms with Crippen molar-refractivity contribution in [3.63, 3.8) is 0 Å². The first kappa shape index (κ1) is 11.2. The van der Waals surface area contributed by atoms with E-state index in [4.69, 9.17) is 4.74 Å². The van der Waals surface area contributed by atoms with E-state index in [1.54, 1.807) is 7.11 Å². The standard InChI is InChI=1S/C8H13NO.C2H6/c1-7-4-8(6-10-3)9(2)5-7;1-2/h4-5H,6H2,1-3H3;1-2H3. The predicted molar refractivity (Wildman–Crippen MR) is 52.2 cm³/mol. The van der Waals surface area contributed by atoms with Crippen LogP contribution in [0.1, 0.15) is 25.1 Å².